The first kappa shape index (κ1) is 54.2. The number of piperidine rings is 1. The molecule has 2 aliphatic heterocycles. The van der Waals surface area contributed by atoms with E-state index in [2.05, 4.69) is 16.0 Å². The molecule has 8 amide bonds. The molecule has 0 aliphatic carbocycles. The number of nitrogens with zero attached hydrogens (tertiary/aromatic N) is 5. The predicted octanol–water partition coefficient (Wildman–Crippen LogP) is 1.33. The molecule has 2 fully saturated rings. The molecule has 3 rings (SSSR count). The molecule has 18 nitrogen and oxygen atoms in total. The standard InChI is InChI=1S/C47H76N8O10/c1-29(2)23-35-43(61)50-40(31(5)56)46(64)54(12)37(24-30(3)4)45(63)51(9)27-39(58)53(11)36(25-32-19-15-13-16-20-32)42(60)49-34(28-65-47(6,7)8)41(59)48-33(26-38(57)52(35)10)44(62)55-21-17-14-18-22-55/h13,15-16,19-20,29-31,33-37,40,56H,14,17-18,21-28H2,1-12H3,(H,48,59)(H,49,60)(H,50,61)/t31-,33+,34+,35+,36+,37+,40+/m1/s1. The number of carbonyl (C=O) groups excluding carboxylic acids is 8. The van der Waals surface area contributed by atoms with E-state index >= 15 is 0 Å². The van der Waals surface area contributed by atoms with Gasteiger partial charge in [-0.1, -0.05) is 58.0 Å². The van der Waals surface area contributed by atoms with E-state index in [0.29, 0.717) is 18.7 Å². The zero-order valence-electron chi connectivity index (χ0n) is 40.7. The number of benzene rings is 1. The molecule has 0 unspecified atom stereocenters. The van der Waals surface area contributed by atoms with Gasteiger partial charge in [-0.25, -0.2) is 0 Å². The first-order chi connectivity index (χ1) is 30.3. The second-order valence-corrected chi connectivity index (χ2v) is 19.5. The number of ether oxygens (including phenoxy) is 1. The molecule has 364 valence electrons. The van der Waals surface area contributed by atoms with Gasteiger partial charge in [0.1, 0.15) is 36.3 Å². The van der Waals surface area contributed by atoms with Crippen molar-refractivity contribution in [1.29, 1.82) is 0 Å². The summed E-state index contributed by atoms with van der Waals surface area (Å²) in [6.45, 7) is 14.1. The van der Waals surface area contributed by atoms with Gasteiger partial charge in [-0.3, -0.25) is 38.4 Å². The largest absolute Gasteiger partial charge is 0.391 e. The van der Waals surface area contributed by atoms with Crippen molar-refractivity contribution in [2.75, 3.05) is 54.4 Å². The Hall–Kier alpha value is -5.10. The quantitative estimate of drug-likeness (QED) is 0.264. The van der Waals surface area contributed by atoms with Crippen molar-refractivity contribution < 1.29 is 48.2 Å². The zero-order valence-corrected chi connectivity index (χ0v) is 40.7. The molecule has 0 spiro atoms. The molecule has 18 heteroatoms. The number of carbonyl (C=O) groups is 8. The van der Waals surface area contributed by atoms with Crippen LogP contribution in [0.25, 0.3) is 0 Å². The predicted molar refractivity (Wildman–Crippen MR) is 245 cm³/mol. The number of aliphatic hydroxyl groups is 1. The number of hydrogen-bond donors (Lipinski definition) is 4. The maximum Gasteiger partial charge on any atom is 0.248 e. The highest BCUT2D eigenvalue weighted by molar-refractivity contribution is 5.98. The van der Waals surface area contributed by atoms with Crippen LogP contribution in [0.2, 0.25) is 0 Å². The van der Waals surface area contributed by atoms with Crippen LogP contribution in [-0.2, 0) is 49.5 Å². The monoisotopic (exact) mass is 913 g/mol. The van der Waals surface area contributed by atoms with E-state index in [-0.39, 0.29) is 37.7 Å². The van der Waals surface area contributed by atoms with Crippen molar-refractivity contribution in [2.24, 2.45) is 11.8 Å². The second kappa shape index (κ2) is 24.4. The SMILES string of the molecule is CC(C)C[C@H]1C(=O)N[C@@H]([C@@H](C)O)C(=O)N(C)[C@@H](CC(C)C)C(=O)N(C)CC(=O)N(C)[C@@H](Cc2ccccc2)C(=O)N[C@@H](COC(C)(C)C)C(=O)N[C@H](C(=O)N2CCCCC2)CC(=O)N1C. The summed E-state index contributed by atoms with van der Waals surface area (Å²) in [7, 11) is 5.63. The van der Waals surface area contributed by atoms with Gasteiger partial charge in [0.15, 0.2) is 0 Å². The van der Waals surface area contributed by atoms with Crippen LogP contribution in [0, 0.1) is 11.8 Å². The molecule has 65 heavy (non-hydrogen) atoms. The Bertz CT molecular complexity index is 1810. The first-order valence-corrected chi connectivity index (χ1v) is 22.9. The highest BCUT2D eigenvalue weighted by atomic mass is 16.5. The molecule has 0 aromatic heterocycles. The summed E-state index contributed by atoms with van der Waals surface area (Å²) in [6, 6.07) is 1.08. The van der Waals surface area contributed by atoms with Crippen molar-refractivity contribution in [3.63, 3.8) is 0 Å². The minimum absolute atomic E-state index is 0.0230. The number of likely N-dealkylation sites (N-methyl/N-ethyl adjacent to an activating group) is 4. The Labute approximate surface area is 385 Å². The van der Waals surface area contributed by atoms with Crippen LogP contribution in [0.1, 0.15) is 99.5 Å². The Kier molecular flexibility index (Phi) is 20.4. The Balaban J connectivity index is 2.24. The highest BCUT2D eigenvalue weighted by Gasteiger charge is 2.41. The fourth-order valence-corrected chi connectivity index (χ4v) is 7.92. The minimum atomic E-state index is -1.54. The number of nitrogens with one attached hydrogen (secondary N) is 3. The summed E-state index contributed by atoms with van der Waals surface area (Å²) >= 11 is 0. The van der Waals surface area contributed by atoms with Crippen LogP contribution in [0.15, 0.2) is 30.3 Å². The summed E-state index contributed by atoms with van der Waals surface area (Å²) < 4.78 is 6.03. The van der Waals surface area contributed by atoms with E-state index in [0.717, 1.165) is 24.2 Å². The van der Waals surface area contributed by atoms with E-state index in [4.69, 9.17) is 4.74 Å². The number of amides is 8. The van der Waals surface area contributed by atoms with Crippen molar-refractivity contribution in [2.45, 2.75) is 148 Å². The van der Waals surface area contributed by atoms with Gasteiger partial charge in [0.05, 0.1) is 31.3 Å². The van der Waals surface area contributed by atoms with Crippen LogP contribution in [0.3, 0.4) is 0 Å². The third-order valence-electron chi connectivity index (χ3n) is 11.9. The maximum atomic E-state index is 14.5. The van der Waals surface area contributed by atoms with Gasteiger partial charge in [0, 0.05) is 47.7 Å². The lowest BCUT2D eigenvalue weighted by Crippen LogP contribution is -2.62. The Morgan fingerprint density at radius 1 is 0.708 bits per heavy atom. The fourth-order valence-electron chi connectivity index (χ4n) is 7.92. The topological polar surface area (TPSA) is 218 Å². The molecule has 1 aromatic rings. The molecule has 2 saturated heterocycles. The van der Waals surface area contributed by atoms with Crippen molar-refractivity contribution in [3.05, 3.63) is 35.9 Å². The fraction of sp³-hybridized carbons (Fsp3) is 0.702. The number of aliphatic hydroxyl groups excluding tert-OH is 1. The third kappa shape index (κ3) is 16.1. The molecule has 7 atom stereocenters. The lowest BCUT2D eigenvalue weighted by atomic mass is 9.98. The van der Waals surface area contributed by atoms with Gasteiger partial charge < -0.3 is 50.3 Å². The lowest BCUT2D eigenvalue weighted by Gasteiger charge is -2.37. The summed E-state index contributed by atoms with van der Waals surface area (Å²) in [5, 5.41) is 19.1. The smallest absolute Gasteiger partial charge is 0.248 e. The van der Waals surface area contributed by atoms with E-state index in [1.807, 2.05) is 33.8 Å². The molecule has 4 N–H and O–H groups in total. The van der Waals surface area contributed by atoms with Crippen molar-refractivity contribution in [1.82, 2.24) is 40.4 Å². The summed E-state index contributed by atoms with van der Waals surface area (Å²) in [5.41, 5.74) is -0.0705. The average molecular weight is 913 g/mol. The maximum absolute atomic E-state index is 14.5. The van der Waals surface area contributed by atoms with Crippen LogP contribution >= 0.6 is 0 Å². The van der Waals surface area contributed by atoms with E-state index in [1.165, 1.54) is 49.8 Å². The normalized spacial score (nSPS) is 25.3. The van der Waals surface area contributed by atoms with Gasteiger partial charge in [-0.2, -0.15) is 0 Å². The van der Waals surface area contributed by atoms with Gasteiger partial charge in [-0.15, -0.1) is 0 Å². The van der Waals surface area contributed by atoms with Crippen molar-refractivity contribution in [3.8, 4) is 0 Å². The van der Waals surface area contributed by atoms with Crippen LogP contribution in [0.5, 0.6) is 0 Å². The molecular weight excluding hydrogens is 837 g/mol. The van der Waals surface area contributed by atoms with Gasteiger partial charge in [0.2, 0.25) is 47.3 Å². The van der Waals surface area contributed by atoms with E-state index in [1.54, 1.807) is 49.9 Å². The van der Waals surface area contributed by atoms with Crippen LogP contribution in [-0.4, -0.2) is 179 Å². The third-order valence-corrected chi connectivity index (χ3v) is 11.9. The summed E-state index contributed by atoms with van der Waals surface area (Å²) in [4.78, 5) is 121. The second-order valence-electron chi connectivity index (χ2n) is 19.5. The molecular formula is C47H76N8O10. The minimum Gasteiger partial charge on any atom is -0.391 e. The lowest BCUT2D eigenvalue weighted by molar-refractivity contribution is -0.151. The van der Waals surface area contributed by atoms with Crippen LogP contribution in [0.4, 0.5) is 0 Å². The highest BCUT2D eigenvalue weighted by Crippen LogP contribution is 2.20. The van der Waals surface area contributed by atoms with Crippen molar-refractivity contribution >= 4 is 47.3 Å². The molecule has 0 saturated carbocycles. The summed E-state index contributed by atoms with van der Waals surface area (Å²) in [5.74, 6) is -5.71. The van der Waals surface area contributed by atoms with Gasteiger partial charge in [0.25, 0.3) is 0 Å². The average Bonchev–Trinajstić information content (AvgIpc) is 3.24. The van der Waals surface area contributed by atoms with E-state index in [9.17, 15) is 43.5 Å². The van der Waals surface area contributed by atoms with E-state index < -0.39 is 108 Å². The molecule has 0 radical (unpaired) electrons. The molecule has 2 aliphatic rings. The Morgan fingerprint density at radius 2 is 1.26 bits per heavy atom. The first-order valence-electron chi connectivity index (χ1n) is 22.9. The van der Waals surface area contributed by atoms with Crippen LogP contribution < -0.4 is 16.0 Å². The molecule has 1 aromatic carbocycles. The number of likely N-dealkylation sites (tertiary alicyclic amines) is 1. The molecule has 0 bridgehead atoms. The summed E-state index contributed by atoms with van der Waals surface area (Å²) in [6.07, 6.45) is 0.690. The van der Waals surface area contributed by atoms with Gasteiger partial charge >= 0.3 is 0 Å². The number of rotatable bonds is 10. The zero-order chi connectivity index (χ0) is 48.9. The molecule has 2 heterocycles. The number of hydrogen-bond acceptors (Lipinski definition) is 10. The Morgan fingerprint density at radius 3 is 1.82 bits per heavy atom. The van der Waals surface area contributed by atoms with Gasteiger partial charge in [-0.05, 0) is 77.2 Å².